The minimum atomic E-state index is -0.992. The third kappa shape index (κ3) is 2.72. The van der Waals surface area contributed by atoms with Gasteiger partial charge in [-0.15, -0.1) is 0 Å². The Bertz CT molecular complexity index is 639. The Labute approximate surface area is 121 Å². The molecule has 1 aromatic heterocycles. The second-order valence-electron chi connectivity index (χ2n) is 4.89. The van der Waals surface area contributed by atoms with Crippen molar-refractivity contribution in [1.82, 2.24) is 4.98 Å². The molecule has 20 heavy (non-hydrogen) atoms. The summed E-state index contributed by atoms with van der Waals surface area (Å²) in [5.74, 6) is 0.234. The van der Waals surface area contributed by atoms with E-state index in [0.717, 1.165) is 17.6 Å². The Balaban J connectivity index is 1.92. The van der Waals surface area contributed by atoms with Crippen molar-refractivity contribution in [3.63, 3.8) is 0 Å². The molecule has 1 fully saturated rings. The van der Waals surface area contributed by atoms with E-state index in [0.29, 0.717) is 10.8 Å². The molecule has 1 atom stereocenters. The summed E-state index contributed by atoms with van der Waals surface area (Å²) in [6.45, 7) is 0.873. The van der Waals surface area contributed by atoms with E-state index >= 15 is 0 Å². The van der Waals surface area contributed by atoms with Crippen LogP contribution in [0.2, 0.25) is 0 Å². The van der Waals surface area contributed by atoms with Crippen LogP contribution in [0.25, 0.3) is 10.9 Å². The number of pyridine rings is 1. The molecule has 4 nitrogen and oxygen atoms in total. The molecule has 0 saturated carbocycles. The number of aromatic nitrogens is 1. The van der Waals surface area contributed by atoms with Gasteiger partial charge in [0.05, 0.1) is 5.52 Å². The van der Waals surface area contributed by atoms with Crippen LogP contribution >= 0.6 is 11.8 Å². The van der Waals surface area contributed by atoms with Crippen molar-refractivity contribution in [1.29, 1.82) is 0 Å². The number of carboxylic acid groups (broad SMARTS) is 1. The number of hydrogen-bond donors (Lipinski definition) is 2. The standard InChI is InChI=1S/C15H16N2O2S/c18-15(19)14-8-13(16-9-10-4-3-7-20-10)11-5-1-2-6-12(11)17-14/h1-2,5-6,8,10H,3-4,7,9H2,(H,16,17)(H,18,19). The largest absolute Gasteiger partial charge is 0.477 e. The molecule has 1 aliphatic rings. The van der Waals surface area contributed by atoms with Crippen molar-refractivity contribution in [3.05, 3.63) is 36.0 Å². The van der Waals surface area contributed by atoms with Crippen LogP contribution in [0.15, 0.2) is 30.3 Å². The number of aromatic carboxylic acids is 1. The Morgan fingerprint density at radius 2 is 2.30 bits per heavy atom. The van der Waals surface area contributed by atoms with Crippen molar-refractivity contribution in [2.45, 2.75) is 18.1 Å². The topological polar surface area (TPSA) is 62.2 Å². The number of benzene rings is 1. The highest BCUT2D eigenvalue weighted by Gasteiger charge is 2.16. The molecule has 2 N–H and O–H groups in total. The summed E-state index contributed by atoms with van der Waals surface area (Å²) >= 11 is 1.98. The van der Waals surface area contributed by atoms with Crippen LogP contribution < -0.4 is 5.32 Å². The highest BCUT2D eigenvalue weighted by molar-refractivity contribution is 8.00. The molecule has 5 heteroatoms. The molecule has 1 saturated heterocycles. The normalized spacial score (nSPS) is 18.3. The molecule has 2 heterocycles. The third-order valence-electron chi connectivity index (χ3n) is 3.48. The van der Waals surface area contributed by atoms with Crippen LogP contribution in [0.4, 0.5) is 5.69 Å². The van der Waals surface area contributed by atoms with Gasteiger partial charge in [0.25, 0.3) is 0 Å². The number of rotatable bonds is 4. The zero-order valence-corrected chi connectivity index (χ0v) is 11.8. The van der Waals surface area contributed by atoms with Gasteiger partial charge in [0.1, 0.15) is 0 Å². The lowest BCUT2D eigenvalue weighted by Gasteiger charge is -2.14. The van der Waals surface area contributed by atoms with Gasteiger partial charge in [-0.25, -0.2) is 9.78 Å². The maximum absolute atomic E-state index is 11.2. The van der Waals surface area contributed by atoms with Gasteiger partial charge < -0.3 is 10.4 Å². The SMILES string of the molecule is O=C(O)c1cc(NCC2CCCS2)c2ccccc2n1. The highest BCUT2D eigenvalue weighted by atomic mass is 32.2. The summed E-state index contributed by atoms with van der Waals surface area (Å²) in [4.78, 5) is 15.3. The van der Waals surface area contributed by atoms with Crippen LogP contribution in [-0.4, -0.2) is 33.6 Å². The number of carboxylic acids is 1. The Hall–Kier alpha value is -1.75. The van der Waals surface area contributed by atoms with E-state index in [1.165, 1.54) is 18.6 Å². The van der Waals surface area contributed by atoms with Gasteiger partial charge in [0, 0.05) is 22.9 Å². The van der Waals surface area contributed by atoms with Gasteiger partial charge in [0.15, 0.2) is 5.69 Å². The van der Waals surface area contributed by atoms with E-state index in [2.05, 4.69) is 10.3 Å². The zero-order chi connectivity index (χ0) is 13.9. The molecule has 3 rings (SSSR count). The molecule has 0 bridgehead atoms. The summed E-state index contributed by atoms with van der Waals surface area (Å²) < 4.78 is 0. The Morgan fingerprint density at radius 1 is 1.45 bits per heavy atom. The number of hydrogen-bond acceptors (Lipinski definition) is 4. The number of para-hydroxylation sites is 1. The molecular formula is C15H16N2O2S. The lowest BCUT2D eigenvalue weighted by Crippen LogP contribution is -2.14. The van der Waals surface area contributed by atoms with E-state index in [9.17, 15) is 4.79 Å². The van der Waals surface area contributed by atoms with E-state index in [1.54, 1.807) is 6.07 Å². The monoisotopic (exact) mass is 288 g/mol. The fraction of sp³-hybridized carbons (Fsp3) is 0.333. The van der Waals surface area contributed by atoms with Crippen LogP contribution in [0.3, 0.4) is 0 Å². The van der Waals surface area contributed by atoms with Crippen molar-refractivity contribution >= 4 is 34.3 Å². The van der Waals surface area contributed by atoms with Crippen LogP contribution in [0, 0.1) is 0 Å². The minimum Gasteiger partial charge on any atom is -0.477 e. The number of thioether (sulfide) groups is 1. The quantitative estimate of drug-likeness (QED) is 0.904. The fourth-order valence-electron chi connectivity index (χ4n) is 2.46. The average Bonchev–Trinajstić information content (AvgIpc) is 2.97. The molecule has 0 aliphatic carbocycles. The summed E-state index contributed by atoms with van der Waals surface area (Å²) in [5, 5.41) is 14.1. The molecule has 0 amide bonds. The van der Waals surface area contributed by atoms with E-state index in [-0.39, 0.29) is 5.69 Å². The third-order valence-corrected chi connectivity index (χ3v) is 4.88. The predicted molar refractivity (Wildman–Crippen MR) is 82.7 cm³/mol. The van der Waals surface area contributed by atoms with Gasteiger partial charge >= 0.3 is 5.97 Å². The second kappa shape index (κ2) is 5.71. The molecule has 104 valence electrons. The van der Waals surface area contributed by atoms with Crippen molar-refractivity contribution in [2.24, 2.45) is 0 Å². The van der Waals surface area contributed by atoms with Crippen LogP contribution in [-0.2, 0) is 0 Å². The minimum absolute atomic E-state index is 0.0882. The van der Waals surface area contributed by atoms with Crippen molar-refractivity contribution < 1.29 is 9.90 Å². The van der Waals surface area contributed by atoms with E-state index in [1.807, 2.05) is 36.0 Å². The number of fused-ring (bicyclic) bond motifs is 1. The first-order chi connectivity index (χ1) is 9.74. The first kappa shape index (κ1) is 13.2. The number of anilines is 1. The maximum Gasteiger partial charge on any atom is 0.354 e. The first-order valence-corrected chi connectivity index (χ1v) is 7.77. The smallest absolute Gasteiger partial charge is 0.354 e. The molecular weight excluding hydrogens is 272 g/mol. The fourth-order valence-corrected chi connectivity index (χ4v) is 3.66. The van der Waals surface area contributed by atoms with Gasteiger partial charge in [-0.2, -0.15) is 11.8 Å². The lowest BCUT2D eigenvalue weighted by atomic mass is 10.1. The van der Waals surface area contributed by atoms with Gasteiger partial charge in [0.2, 0.25) is 0 Å². The molecule has 0 radical (unpaired) electrons. The zero-order valence-electron chi connectivity index (χ0n) is 11.0. The van der Waals surface area contributed by atoms with Crippen molar-refractivity contribution in [3.8, 4) is 0 Å². The maximum atomic E-state index is 11.2. The molecule has 2 aromatic rings. The highest BCUT2D eigenvalue weighted by Crippen LogP contribution is 2.28. The molecule has 1 aromatic carbocycles. The summed E-state index contributed by atoms with van der Waals surface area (Å²) in [5.41, 5.74) is 1.67. The molecule has 0 spiro atoms. The number of carbonyl (C=O) groups is 1. The number of nitrogens with one attached hydrogen (secondary N) is 1. The Morgan fingerprint density at radius 3 is 3.05 bits per heavy atom. The lowest BCUT2D eigenvalue weighted by molar-refractivity contribution is 0.0691. The van der Waals surface area contributed by atoms with Gasteiger partial charge in [-0.1, -0.05) is 18.2 Å². The molecule has 1 unspecified atom stereocenters. The summed E-state index contributed by atoms with van der Waals surface area (Å²) in [7, 11) is 0. The second-order valence-corrected chi connectivity index (χ2v) is 6.30. The van der Waals surface area contributed by atoms with Crippen LogP contribution in [0.1, 0.15) is 23.3 Å². The van der Waals surface area contributed by atoms with E-state index < -0.39 is 5.97 Å². The Kier molecular flexibility index (Phi) is 3.78. The first-order valence-electron chi connectivity index (χ1n) is 6.72. The van der Waals surface area contributed by atoms with E-state index in [4.69, 9.17) is 5.11 Å². The number of nitrogens with zero attached hydrogens (tertiary/aromatic N) is 1. The average molecular weight is 288 g/mol. The van der Waals surface area contributed by atoms with Gasteiger partial charge in [-0.05, 0) is 30.7 Å². The molecule has 1 aliphatic heterocycles. The van der Waals surface area contributed by atoms with Crippen LogP contribution in [0.5, 0.6) is 0 Å². The predicted octanol–water partition coefficient (Wildman–Crippen LogP) is 3.24. The van der Waals surface area contributed by atoms with Crippen molar-refractivity contribution in [2.75, 3.05) is 17.6 Å². The summed E-state index contributed by atoms with van der Waals surface area (Å²) in [6.07, 6.45) is 2.50. The van der Waals surface area contributed by atoms with Gasteiger partial charge in [-0.3, -0.25) is 0 Å². The summed E-state index contributed by atoms with van der Waals surface area (Å²) in [6, 6.07) is 9.26.